The first kappa shape index (κ1) is 55.3. The third-order valence-electron chi connectivity index (χ3n) is 7.90. The zero-order valence-electron chi connectivity index (χ0n) is 37.2. The van der Waals surface area contributed by atoms with E-state index in [-0.39, 0.29) is 52.2 Å². The van der Waals surface area contributed by atoms with Gasteiger partial charge >= 0.3 is 33.5 Å². The number of quaternary nitrogens is 1. The Labute approximate surface area is 348 Å². The second-order valence-corrected chi connectivity index (χ2v) is 40.7. The number of rotatable bonds is 33. The Hall–Kier alpha value is 0.234. The normalized spacial score (nSPS) is 18.5. The molecular weight excluding hydrogens is 867 g/mol. The SMILES string of the molecule is C=C(C)C(=O)NCCC[N+](C)(C)CCOP(=O)([O-])OCCOCCC[Si](C)(O[Si](C)(C)O[Si](C)(C)C)O[Si](C)(CCCOCCOP1(=O)OCCO1)O[Si](C)(C)C. The number of hydrogen-bond donors (Lipinski definition) is 1. The molecule has 0 aromatic heterocycles. The van der Waals surface area contributed by atoms with Crippen LogP contribution in [0.1, 0.15) is 26.2 Å². The van der Waals surface area contributed by atoms with Crippen LogP contribution < -0.4 is 10.2 Å². The summed E-state index contributed by atoms with van der Waals surface area (Å²) in [4.78, 5) is 24.0. The van der Waals surface area contributed by atoms with Gasteiger partial charge in [0, 0.05) is 31.8 Å². The van der Waals surface area contributed by atoms with Crippen molar-refractivity contribution in [2.24, 2.45) is 0 Å². The minimum atomic E-state index is -4.51. The molecule has 1 saturated heterocycles. The molecule has 1 heterocycles. The smallest absolute Gasteiger partial charge is 0.475 e. The van der Waals surface area contributed by atoms with Crippen LogP contribution in [0, 0.1) is 0 Å². The topological polar surface area (TPSA) is 188 Å². The Morgan fingerprint density at radius 3 is 1.77 bits per heavy atom. The van der Waals surface area contributed by atoms with Crippen molar-refractivity contribution in [1.82, 2.24) is 5.32 Å². The van der Waals surface area contributed by atoms with Gasteiger partial charge in [0.25, 0.3) is 7.82 Å². The highest BCUT2D eigenvalue weighted by Crippen LogP contribution is 2.52. The van der Waals surface area contributed by atoms with E-state index in [0.717, 1.165) is 13.0 Å². The van der Waals surface area contributed by atoms with E-state index in [2.05, 4.69) is 77.4 Å². The highest BCUT2D eigenvalue weighted by molar-refractivity contribution is 7.48. The highest BCUT2D eigenvalue weighted by atomic mass is 31.2. The fourth-order valence-corrected chi connectivity index (χ4v) is 31.6. The van der Waals surface area contributed by atoms with Crippen molar-refractivity contribution < 1.29 is 71.9 Å². The molecule has 1 aliphatic heterocycles. The molecule has 338 valence electrons. The molecule has 0 aromatic rings. The monoisotopic (exact) mass is 942 g/mol. The third-order valence-corrected chi connectivity index (χ3v) is 28.7. The molecule has 24 heteroatoms. The molecule has 1 amide bonds. The van der Waals surface area contributed by atoms with E-state index in [1.807, 2.05) is 14.1 Å². The minimum Gasteiger partial charge on any atom is -0.756 e. The maximum absolute atomic E-state index is 12.4. The van der Waals surface area contributed by atoms with E-state index in [1.165, 1.54) is 0 Å². The fraction of sp³-hybridized carbons (Fsp3) is 0.909. The van der Waals surface area contributed by atoms with Crippen molar-refractivity contribution in [3.63, 3.8) is 0 Å². The van der Waals surface area contributed by atoms with Gasteiger partial charge < -0.3 is 49.7 Å². The molecule has 0 aromatic carbocycles. The highest BCUT2D eigenvalue weighted by Gasteiger charge is 2.48. The number of ether oxygens (including phenoxy) is 2. The Bertz CT molecular complexity index is 1320. The van der Waals surface area contributed by atoms with Crippen molar-refractivity contribution >= 4 is 63.9 Å². The Morgan fingerprint density at radius 2 is 1.25 bits per heavy atom. The quantitative estimate of drug-likeness (QED) is 0.0257. The van der Waals surface area contributed by atoms with Crippen LogP contribution >= 0.6 is 15.6 Å². The number of carbonyl (C=O) groups excluding carboxylic acids is 1. The van der Waals surface area contributed by atoms with Gasteiger partial charge in [-0.25, -0.2) is 4.57 Å². The first-order valence-corrected chi connectivity index (χ1v) is 37.4. The molecule has 1 rings (SSSR count). The molecule has 3 atom stereocenters. The molecule has 57 heavy (non-hydrogen) atoms. The van der Waals surface area contributed by atoms with Crippen LogP contribution in [0.3, 0.4) is 0 Å². The molecule has 1 aliphatic rings. The second kappa shape index (κ2) is 24.8. The Morgan fingerprint density at radius 1 is 0.737 bits per heavy atom. The number of phosphoric acid groups is 2. The molecule has 3 unspecified atom stereocenters. The van der Waals surface area contributed by atoms with Crippen LogP contribution in [0.25, 0.3) is 0 Å². The summed E-state index contributed by atoms with van der Waals surface area (Å²) in [5, 5.41) is 2.80. The van der Waals surface area contributed by atoms with Gasteiger partial charge in [-0.15, -0.1) is 0 Å². The van der Waals surface area contributed by atoms with Crippen LogP contribution in [-0.4, -0.2) is 146 Å². The van der Waals surface area contributed by atoms with E-state index in [0.29, 0.717) is 61.3 Å². The maximum Gasteiger partial charge on any atom is 0.475 e. The van der Waals surface area contributed by atoms with Crippen LogP contribution in [-0.2, 0) is 62.5 Å². The molecule has 1 N–H and O–H groups in total. The van der Waals surface area contributed by atoms with Gasteiger partial charge in [0.05, 0.1) is 60.3 Å². The lowest BCUT2D eigenvalue weighted by molar-refractivity contribution is -0.890. The number of likely N-dealkylation sites (N-methyl/N-ethyl adjacent to an activating group) is 1. The van der Waals surface area contributed by atoms with Crippen molar-refractivity contribution in [2.75, 3.05) is 93.2 Å². The van der Waals surface area contributed by atoms with Crippen molar-refractivity contribution in [3.8, 4) is 0 Å². The van der Waals surface area contributed by atoms with Gasteiger partial charge in [0.15, 0.2) is 16.6 Å². The van der Waals surface area contributed by atoms with Crippen molar-refractivity contribution in [2.45, 2.75) is 104 Å². The van der Waals surface area contributed by atoms with E-state index in [4.69, 9.17) is 48.6 Å². The summed E-state index contributed by atoms with van der Waals surface area (Å²) in [6.07, 6.45) is 2.04. The molecule has 17 nitrogen and oxygen atoms in total. The number of amides is 1. The van der Waals surface area contributed by atoms with Gasteiger partial charge in [-0.1, -0.05) is 6.58 Å². The lowest BCUT2D eigenvalue weighted by Gasteiger charge is -2.44. The van der Waals surface area contributed by atoms with Gasteiger partial charge in [0.2, 0.25) is 5.91 Å². The molecule has 0 bridgehead atoms. The summed E-state index contributed by atoms with van der Waals surface area (Å²) in [5.41, 5.74) is 0.457. The molecule has 0 radical (unpaired) electrons. The van der Waals surface area contributed by atoms with Crippen LogP contribution in [0.15, 0.2) is 12.2 Å². The van der Waals surface area contributed by atoms with Gasteiger partial charge in [0.1, 0.15) is 13.2 Å². The molecule has 1 fully saturated rings. The zero-order chi connectivity index (χ0) is 43.7. The predicted molar refractivity (Wildman–Crippen MR) is 231 cm³/mol. The summed E-state index contributed by atoms with van der Waals surface area (Å²) in [5.74, 6) is -0.177. The number of nitrogens with one attached hydrogen (secondary N) is 1. The van der Waals surface area contributed by atoms with Crippen molar-refractivity contribution in [1.29, 1.82) is 0 Å². The largest absolute Gasteiger partial charge is 0.756 e. The average molecular weight is 943 g/mol. The zero-order valence-corrected chi connectivity index (χ0v) is 44.0. The number of carbonyl (C=O) groups is 1. The summed E-state index contributed by atoms with van der Waals surface area (Å²) in [6, 6.07) is 1.30. The van der Waals surface area contributed by atoms with Crippen LogP contribution in [0.4, 0.5) is 0 Å². The predicted octanol–water partition coefficient (Wildman–Crippen LogP) is 6.21. The van der Waals surface area contributed by atoms with E-state index in [9.17, 15) is 18.8 Å². The standard InChI is InChI=1S/C33H76N2O15P2Si5/c1-32(2)33(36)34-18-15-19-35(3,4)20-23-42-51(37,38)43-26-24-40-22-17-31-57(14,49-55(11,12)47-53(5,6)7)50-56(13,48-54(8,9)10)30-16-21-41-25-27-44-52(39)45-28-29-46-52/h1,15-31H2,2-14H3,(H-,34,36,37,38). The lowest BCUT2D eigenvalue weighted by atomic mass is 10.3. The van der Waals surface area contributed by atoms with Gasteiger partial charge in [-0.2, -0.15) is 0 Å². The maximum atomic E-state index is 12.4. The van der Waals surface area contributed by atoms with Gasteiger partial charge in [-0.05, 0) is 97.3 Å². The van der Waals surface area contributed by atoms with Crippen LogP contribution in [0.5, 0.6) is 0 Å². The first-order chi connectivity index (χ1) is 26.0. The van der Waals surface area contributed by atoms with Crippen molar-refractivity contribution in [3.05, 3.63) is 12.2 Å². The first-order valence-electron chi connectivity index (χ1n) is 19.8. The van der Waals surface area contributed by atoms with Crippen LogP contribution in [0.2, 0.25) is 77.6 Å². The fourth-order valence-electron chi connectivity index (χ4n) is 6.06. The lowest BCUT2D eigenvalue weighted by Crippen LogP contribution is -2.60. The molecule has 0 spiro atoms. The summed E-state index contributed by atoms with van der Waals surface area (Å²) < 4.78 is 89.6. The molecule has 0 saturated carbocycles. The Kier molecular flexibility index (Phi) is 24.0. The number of phosphoric ester groups is 2. The third kappa shape index (κ3) is 27.7. The number of hydrogen-bond acceptors (Lipinski definition) is 15. The van der Waals surface area contributed by atoms with Gasteiger partial charge in [-0.3, -0.25) is 22.9 Å². The van der Waals surface area contributed by atoms with E-state index in [1.54, 1.807) is 6.92 Å². The summed E-state index contributed by atoms with van der Waals surface area (Å²) in [6.45, 7) is 29.7. The van der Waals surface area contributed by atoms with E-state index >= 15 is 0 Å². The summed E-state index contributed by atoms with van der Waals surface area (Å²) >= 11 is 0. The van der Waals surface area contributed by atoms with E-state index < -0.39 is 58.0 Å². The molecule has 0 aliphatic carbocycles. The summed E-state index contributed by atoms with van der Waals surface area (Å²) in [7, 11) is -16.3. The number of nitrogens with zero attached hydrogens (tertiary/aromatic N) is 1. The minimum absolute atomic E-state index is 0.0293. The average Bonchev–Trinajstić information content (AvgIpc) is 3.45. The molecular formula is C33H76N2O15P2Si5. The Balaban J connectivity index is 2.70. The second-order valence-electron chi connectivity index (χ2n) is 17.6.